The number of carbonyl (C=O) groups excluding carboxylic acids is 4. The summed E-state index contributed by atoms with van der Waals surface area (Å²) in [6.07, 6.45) is 11.3. The van der Waals surface area contributed by atoms with Gasteiger partial charge in [-0.1, -0.05) is 127 Å². The molecule has 14 heteroatoms. The molecule has 63 heavy (non-hydrogen) atoms. The number of carboxylic acid groups (broad SMARTS) is 2. The number of carbonyl (C=O) groups is 6. The Hall–Kier alpha value is -5.14. The van der Waals surface area contributed by atoms with Crippen molar-refractivity contribution in [3.63, 3.8) is 0 Å². The van der Waals surface area contributed by atoms with Crippen molar-refractivity contribution >= 4 is 35.8 Å². The van der Waals surface area contributed by atoms with Gasteiger partial charge < -0.3 is 40.4 Å². The monoisotopic (exact) mass is 873 g/mol. The average Bonchev–Trinajstić information content (AvgIpc) is 3.24. The first-order valence-electron chi connectivity index (χ1n) is 23.4. The third-order valence-electron chi connectivity index (χ3n) is 13.0. The molecule has 0 bridgehead atoms. The molecule has 4 aliphatic rings. The van der Waals surface area contributed by atoms with E-state index in [1.54, 1.807) is 26.5 Å². The van der Waals surface area contributed by atoms with Gasteiger partial charge in [-0.25, -0.2) is 9.59 Å². The quantitative estimate of drug-likeness (QED) is 0.151. The summed E-state index contributed by atoms with van der Waals surface area (Å²) < 4.78 is 0. The van der Waals surface area contributed by atoms with Crippen LogP contribution in [0.25, 0.3) is 0 Å². The number of hydrogen-bond acceptors (Lipinski definition) is 6. The van der Waals surface area contributed by atoms with Gasteiger partial charge in [0.2, 0.25) is 11.8 Å². The molecule has 2 saturated heterocycles. The van der Waals surface area contributed by atoms with Crippen LogP contribution < -0.4 is 10.6 Å². The third kappa shape index (κ3) is 13.9. The first kappa shape index (κ1) is 48.9. The number of rotatable bonds is 14. The lowest BCUT2D eigenvalue weighted by atomic mass is 9.90. The minimum atomic E-state index is -0.960. The van der Waals surface area contributed by atoms with Gasteiger partial charge in [-0.2, -0.15) is 0 Å². The van der Waals surface area contributed by atoms with Crippen LogP contribution in [0.4, 0.5) is 9.59 Å². The van der Waals surface area contributed by atoms with Crippen LogP contribution in [-0.4, -0.2) is 115 Å². The first-order chi connectivity index (χ1) is 30.1. The number of piperazine rings is 2. The summed E-state index contributed by atoms with van der Waals surface area (Å²) in [7, 11) is 0. The number of amides is 6. The number of urea groups is 2. The van der Waals surface area contributed by atoms with Crippen LogP contribution >= 0.6 is 0 Å². The Morgan fingerprint density at radius 2 is 1.02 bits per heavy atom. The van der Waals surface area contributed by atoms with E-state index >= 15 is 0 Å². The highest BCUT2D eigenvalue weighted by Crippen LogP contribution is 2.30. The van der Waals surface area contributed by atoms with Crippen LogP contribution in [0.3, 0.4) is 0 Å². The minimum Gasteiger partial charge on any atom is -0.481 e. The van der Waals surface area contributed by atoms with Gasteiger partial charge in [0.25, 0.3) is 0 Å². The van der Waals surface area contributed by atoms with E-state index in [1.165, 1.54) is 12.8 Å². The fourth-order valence-electron chi connectivity index (χ4n) is 9.72. The highest BCUT2D eigenvalue weighted by atomic mass is 16.4. The van der Waals surface area contributed by atoms with E-state index in [0.717, 1.165) is 62.5 Å². The van der Waals surface area contributed by atoms with Gasteiger partial charge in [-0.15, -0.1) is 0 Å². The zero-order valence-electron chi connectivity index (χ0n) is 38.1. The zero-order chi connectivity index (χ0) is 45.6. The van der Waals surface area contributed by atoms with Gasteiger partial charge >= 0.3 is 24.0 Å². The first-order valence-corrected chi connectivity index (χ1v) is 23.4. The number of nitrogens with one attached hydrogen (secondary N) is 2. The van der Waals surface area contributed by atoms with Gasteiger partial charge in [-0.05, 0) is 68.4 Å². The molecule has 0 aromatic heterocycles. The second-order valence-electron chi connectivity index (χ2n) is 19.0. The Bertz CT molecular complexity index is 1820. The standard InChI is InChI=1S/C25H37N3O4.C24H35N3O4/c1-17(2)14-21-23(29)27(15-19-10-6-4-7-11-19)16-22(18(3)24(30)31)28(21)25(32)26-20-12-8-5-9-13-20;1-17(2)13-21-23(30)26(15-18-9-5-3-6-10-18)16-20(14-22(28)29)27(21)24(31)25-19-11-7-4-8-12-19/h4,6-7,10-11,17-18,20-22H,5,8-9,12-16H2,1-3H3,(H,26,32)(H,30,31);3,5-6,9-10,17,19-21H,4,7-8,11-16H2,1-2H3,(H,25,31)(H,28,29)/t18?,21-,22?;20?,21-/m00/s1. The van der Waals surface area contributed by atoms with Crippen molar-refractivity contribution in [2.45, 2.75) is 167 Å². The molecule has 2 saturated carbocycles. The summed E-state index contributed by atoms with van der Waals surface area (Å²) in [5.41, 5.74) is 1.99. The highest BCUT2D eigenvalue weighted by molar-refractivity contribution is 5.90. The van der Waals surface area contributed by atoms with Crippen molar-refractivity contribution in [2.24, 2.45) is 17.8 Å². The molecule has 2 aliphatic heterocycles. The number of hydrogen-bond donors (Lipinski definition) is 4. The van der Waals surface area contributed by atoms with Crippen molar-refractivity contribution in [3.8, 4) is 0 Å². The van der Waals surface area contributed by atoms with Crippen LogP contribution in [0.1, 0.15) is 129 Å². The van der Waals surface area contributed by atoms with E-state index in [0.29, 0.717) is 25.9 Å². The van der Waals surface area contributed by atoms with Crippen LogP contribution in [0, 0.1) is 17.8 Å². The molecule has 6 amide bonds. The number of nitrogens with zero attached hydrogens (tertiary/aromatic N) is 4. The Morgan fingerprint density at radius 3 is 1.43 bits per heavy atom. The van der Waals surface area contributed by atoms with Gasteiger partial charge in [0.1, 0.15) is 12.1 Å². The van der Waals surface area contributed by atoms with Crippen LogP contribution in [0.15, 0.2) is 60.7 Å². The summed E-state index contributed by atoms with van der Waals surface area (Å²) in [4.78, 5) is 84.0. The molecule has 6 rings (SSSR count). The third-order valence-corrected chi connectivity index (χ3v) is 13.0. The summed E-state index contributed by atoms with van der Waals surface area (Å²) in [5.74, 6) is -2.52. The van der Waals surface area contributed by atoms with Gasteiger partial charge in [0.05, 0.1) is 24.4 Å². The van der Waals surface area contributed by atoms with Crippen molar-refractivity contribution < 1.29 is 39.0 Å². The largest absolute Gasteiger partial charge is 0.481 e. The molecule has 346 valence electrons. The summed E-state index contributed by atoms with van der Waals surface area (Å²) in [5, 5.41) is 25.6. The molecule has 2 heterocycles. The molecule has 4 N–H and O–H groups in total. The van der Waals surface area contributed by atoms with Crippen LogP contribution in [0.5, 0.6) is 0 Å². The highest BCUT2D eigenvalue weighted by Gasteiger charge is 2.47. The van der Waals surface area contributed by atoms with Gasteiger partial charge in [0, 0.05) is 38.3 Å². The Morgan fingerprint density at radius 1 is 0.603 bits per heavy atom. The number of benzene rings is 2. The predicted molar refractivity (Wildman–Crippen MR) is 241 cm³/mol. The lowest BCUT2D eigenvalue weighted by Gasteiger charge is -2.48. The average molecular weight is 873 g/mol. The molecule has 5 atom stereocenters. The van der Waals surface area contributed by atoms with E-state index in [4.69, 9.17) is 0 Å². The minimum absolute atomic E-state index is 0.0918. The number of aliphatic carboxylic acids is 2. The van der Waals surface area contributed by atoms with Crippen molar-refractivity contribution in [1.29, 1.82) is 0 Å². The fraction of sp³-hybridized carbons (Fsp3) is 0.633. The summed E-state index contributed by atoms with van der Waals surface area (Å²) in [6.45, 7) is 11.0. The predicted octanol–water partition coefficient (Wildman–Crippen LogP) is 7.51. The van der Waals surface area contributed by atoms with E-state index in [-0.39, 0.29) is 67.3 Å². The smallest absolute Gasteiger partial charge is 0.318 e. The van der Waals surface area contributed by atoms with E-state index < -0.39 is 42.0 Å². The molecule has 2 aromatic carbocycles. The van der Waals surface area contributed by atoms with Gasteiger partial charge in [0.15, 0.2) is 0 Å². The maximum absolute atomic E-state index is 13.6. The van der Waals surface area contributed by atoms with Crippen LogP contribution in [0.2, 0.25) is 0 Å². The molecule has 0 spiro atoms. The lowest BCUT2D eigenvalue weighted by Crippen LogP contribution is -2.67. The molecule has 3 unspecified atom stereocenters. The van der Waals surface area contributed by atoms with Crippen LogP contribution in [-0.2, 0) is 32.3 Å². The lowest BCUT2D eigenvalue weighted by molar-refractivity contribution is -0.153. The summed E-state index contributed by atoms with van der Waals surface area (Å²) >= 11 is 0. The Balaban J connectivity index is 0.000000238. The van der Waals surface area contributed by atoms with E-state index in [9.17, 15) is 39.0 Å². The van der Waals surface area contributed by atoms with Crippen molar-refractivity contribution in [2.75, 3.05) is 13.1 Å². The Labute approximate surface area is 374 Å². The molecule has 4 fully saturated rings. The zero-order valence-corrected chi connectivity index (χ0v) is 38.1. The molecule has 2 aliphatic carbocycles. The summed E-state index contributed by atoms with van der Waals surface area (Å²) in [6, 6.07) is 16.5. The topological polar surface area (TPSA) is 180 Å². The molecular weight excluding hydrogens is 801 g/mol. The second kappa shape index (κ2) is 23.5. The molecule has 2 aromatic rings. The number of carboxylic acids is 2. The van der Waals surface area contributed by atoms with E-state index in [1.807, 2.05) is 88.4 Å². The SMILES string of the molecule is CC(C)C[C@H]1C(=O)N(Cc2ccccc2)CC(C(C)C(=O)O)N1C(=O)NC1CCCCC1.CC(C)C[C@H]1C(=O)N(Cc2ccccc2)CC(CC(=O)O)N1C(=O)NC1CCCCC1. The second-order valence-corrected chi connectivity index (χ2v) is 19.0. The van der Waals surface area contributed by atoms with Crippen molar-refractivity contribution in [3.05, 3.63) is 71.8 Å². The fourth-order valence-corrected chi connectivity index (χ4v) is 9.72. The van der Waals surface area contributed by atoms with Gasteiger partial charge in [-0.3, -0.25) is 19.2 Å². The maximum atomic E-state index is 13.6. The normalized spacial score (nSPS) is 23.0. The van der Waals surface area contributed by atoms with Crippen molar-refractivity contribution in [1.82, 2.24) is 30.2 Å². The molecular formula is C49H72N6O8. The maximum Gasteiger partial charge on any atom is 0.318 e. The molecule has 14 nitrogen and oxygen atoms in total. The molecule has 0 radical (unpaired) electrons. The van der Waals surface area contributed by atoms with E-state index in [2.05, 4.69) is 10.6 Å². The Kier molecular flexibility index (Phi) is 18.2.